The molecule has 0 spiro atoms. The highest BCUT2D eigenvalue weighted by atomic mass is 32.2. The number of nitrogens with zero attached hydrogens (tertiary/aromatic N) is 2. The lowest BCUT2D eigenvalue weighted by molar-refractivity contribution is -0.137. The van der Waals surface area contributed by atoms with Crippen molar-refractivity contribution in [1.29, 1.82) is 0 Å². The number of carbonyl (C=O) groups is 2. The van der Waals surface area contributed by atoms with Crippen molar-refractivity contribution in [1.82, 2.24) is 4.90 Å². The molecule has 166 valence electrons. The van der Waals surface area contributed by atoms with E-state index in [4.69, 9.17) is 9.73 Å². The molecule has 2 heterocycles. The number of ether oxygens (including phenoxy) is 1. The second kappa shape index (κ2) is 9.61. The van der Waals surface area contributed by atoms with E-state index in [1.807, 2.05) is 62.4 Å². The van der Waals surface area contributed by atoms with Gasteiger partial charge in [-0.15, -0.1) is 0 Å². The molecule has 2 aromatic carbocycles. The summed E-state index contributed by atoms with van der Waals surface area (Å²) in [7, 11) is 1.41. The third kappa shape index (κ3) is 4.30. The van der Waals surface area contributed by atoms with Crippen LogP contribution < -0.4 is 5.32 Å². The number of carbonyl (C=O) groups excluding carboxylic acids is 2. The fourth-order valence-electron chi connectivity index (χ4n) is 4.17. The van der Waals surface area contributed by atoms with Gasteiger partial charge in [0.15, 0.2) is 5.17 Å². The molecule has 1 amide bonds. The number of methoxy groups -OCH3 is 1. The molecule has 0 aromatic heterocycles. The van der Waals surface area contributed by atoms with Crippen molar-refractivity contribution >= 4 is 34.5 Å². The number of benzene rings is 2. The van der Waals surface area contributed by atoms with E-state index in [9.17, 15) is 9.59 Å². The quantitative estimate of drug-likeness (QED) is 0.655. The number of rotatable bonds is 5. The smallest absolute Gasteiger partial charge is 0.338 e. The van der Waals surface area contributed by atoms with Gasteiger partial charge in [0.2, 0.25) is 0 Å². The monoisotopic (exact) mass is 449 g/mol. The maximum atomic E-state index is 12.8. The van der Waals surface area contributed by atoms with Crippen LogP contribution in [0.1, 0.15) is 47.3 Å². The molecule has 2 aliphatic rings. The molecule has 6 nitrogen and oxygen atoms in total. The summed E-state index contributed by atoms with van der Waals surface area (Å²) in [6, 6.07) is 14.9. The predicted molar refractivity (Wildman–Crippen MR) is 129 cm³/mol. The van der Waals surface area contributed by atoms with Crippen LogP contribution in [-0.4, -0.2) is 41.4 Å². The van der Waals surface area contributed by atoms with Gasteiger partial charge in [-0.25, -0.2) is 9.79 Å². The minimum absolute atomic E-state index is 0.155. The lowest BCUT2D eigenvalue weighted by Crippen LogP contribution is -2.42. The highest BCUT2D eigenvalue weighted by molar-refractivity contribution is 8.13. The number of aliphatic imine (C=N–C) groups is 1. The van der Waals surface area contributed by atoms with E-state index >= 15 is 0 Å². The van der Waals surface area contributed by atoms with E-state index in [1.54, 1.807) is 11.8 Å². The fourth-order valence-corrected chi connectivity index (χ4v) is 5.16. The number of thioether (sulfide) groups is 1. The summed E-state index contributed by atoms with van der Waals surface area (Å²) in [6.45, 7) is 4.73. The highest BCUT2D eigenvalue weighted by Gasteiger charge is 2.38. The van der Waals surface area contributed by atoms with E-state index in [2.05, 4.69) is 10.2 Å². The Morgan fingerprint density at radius 1 is 1.22 bits per heavy atom. The number of aryl methyl sites for hydroxylation is 1. The maximum absolute atomic E-state index is 12.8. The second-order valence-corrected chi connectivity index (χ2v) is 8.85. The Kier molecular flexibility index (Phi) is 6.65. The molecule has 0 bridgehead atoms. The number of hydrogen-bond acceptors (Lipinski definition) is 6. The van der Waals surface area contributed by atoms with Gasteiger partial charge in [-0.3, -0.25) is 4.79 Å². The van der Waals surface area contributed by atoms with Gasteiger partial charge >= 0.3 is 5.97 Å². The van der Waals surface area contributed by atoms with Crippen molar-refractivity contribution in [3.8, 4) is 0 Å². The lowest BCUT2D eigenvalue weighted by Gasteiger charge is -2.40. The lowest BCUT2D eigenvalue weighted by atomic mass is 9.93. The molecule has 1 saturated heterocycles. The van der Waals surface area contributed by atoms with E-state index in [-0.39, 0.29) is 17.9 Å². The molecule has 1 fully saturated rings. The molecule has 1 atom stereocenters. The van der Waals surface area contributed by atoms with Crippen LogP contribution in [0.5, 0.6) is 0 Å². The first-order valence-corrected chi connectivity index (χ1v) is 11.8. The zero-order chi connectivity index (χ0) is 22.7. The molecular formula is C25H27N3O3S. The molecule has 7 heteroatoms. The standard InChI is InChI=1S/C25H27N3O3S/c1-4-20-21(24(30)31-3)22(28-13-8-14-32-25(28)27-20)17-10-7-11-18(15-17)26-23(29)19-12-6-5-9-16(19)2/h5-7,9-12,15,22H,4,8,13-14H2,1-3H3,(H,26,29)/t22-/m0/s1. The molecule has 0 aliphatic carbocycles. The summed E-state index contributed by atoms with van der Waals surface area (Å²) in [5.74, 6) is 0.497. The molecule has 2 aromatic rings. The van der Waals surface area contributed by atoms with Gasteiger partial charge in [0.05, 0.1) is 24.4 Å². The van der Waals surface area contributed by atoms with E-state index in [0.717, 1.165) is 40.7 Å². The van der Waals surface area contributed by atoms with Gasteiger partial charge in [-0.05, 0) is 49.1 Å². The zero-order valence-corrected chi connectivity index (χ0v) is 19.4. The summed E-state index contributed by atoms with van der Waals surface area (Å²) in [6.07, 6.45) is 1.66. The number of fused-ring (bicyclic) bond motifs is 1. The number of allylic oxidation sites excluding steroid dienone is 1. The summed E-state index contributed by atoms with van der Waals surface area (Å²) >= 11 is 1.72. The van der Waals surface area contributed by atoms with Crippen molar-refractivity contribution in [2.45, 2.75) is 32.7 Å². The molecule has 4 rings (SSSR count). The van der Waals surface area contributed by atoms with Gasteiger partial charge < -0.3 is 15.0 Å². The first-order valence-electron chi connectivity index (χ1n) is 10.8. The third-order valence-electron chi connectivity index (χ3n) is 5.74. The molecule has 0 unspecified atom stereocenters. The molecule has 1 N–H and O–H groups in total. The normalized spacial score (nSPS) is 18.0. The average molecular weight is 450 g/mol. The number of amides is 1. The molecule has 32 heavy (non-hydrogen) atoms. The predicted octanol–water partition coefficient (Wildman–Crippen LogP) is 4.93. The number of esters is 1. The van der Waals surface area contributed by atoms with Crippen molar-refractivity contribution in [2.75, 3.05) is 24.7 Å². The summed E-state index contributed by atoms with van der Waals surface area (Å²) in [5, 5.41) is 3.95. The minimum Gasteiger partial charge on any atom is -0.466 e. The minimum atomic E-state index is -0.362. The van der Waals surface area contributed by atoms with Crippen molar-refractivity contribution < 1.29 is 14.3 Å². The first kappa shape index (κ1) is 22.1. The Balaban J connectivity index is 1.72. The largest absolute Gasteiger partial charge is 0.466 e. The fraction of sp³-hybridized carbons (Fsp3) is 0.320. The maximum Gasteiger partial charge on any atom is 0.338 e. The average Bonchev–Trinajstić information content (AvgIpc) is 2.82. The Morgan fingerprint density at radius 3 is 2.78 bits per heavy atom. The summed E-state index contributed by atoms with van der Waals surface area (Å²) in [5.41, 5.74) is 4.50. The molecule has 0 saturated carbocycles. The van der Waals surface area contributed by atoms with Gasteiger partial charge in [0.25, 0.3) is 5.91 Å². The topological polar surface area (TPSA) is 71.0 Å². The second-order valence-electron chi connectivity index (χ2n) is 7.79. The SMILES string of the molecule is CCC1=C(C(=O)OC)[C@H](c2cccc(NC(=O)c3ccccc3C)c2)N2CCCSC2=N1. The molecular weight excluding hydrogens is 422 g/mol. The van der Waals surface area contributed by atoms with Gasteiger partial charge in [0.1, 0.15) is 0 Å². The van der Waals surface area contributed by atoms with Gasteiger partial charge in [-0.2, -0.15) is 0 Å². The van der Waals surface area contributed by atoms with Gasteiger partial charge in [-0.1, -0.05) is 49.0 Å². The van der Waals surface area contributed by atoms with E-state index in [1.165, 1.54) is 7.11 Å². The third-order valence-corrected chi connectivity index (χ3v) is 6.81. The van der Waals surface area contributed by atoms with Crippen LogP contribution in [0.25, 0.3) is 0 Å². The number of hydrogen-bond donors (Lipinski definition) is 1. The highest BCUT2D eigenvalue weighted by Crippen LogP contribution is 2.41. The first-order chi connectivity index (χ1) is 15.5. The summed E-state index contributed by atoms with van der Waals surface area (Å²) < 4.78 is 5.15. The van der Waals surface area contributed by atoms with Crippen LogP contribution in [0.15, 0.2) is 64.8 Å². The van der Waals surface area contributed by atoms with E-state index in [0.29, 0.717) is 23.2 Å². The van der Waals surface area contributed by atoms with Crippen molar-refractivity contribution in [3.63, 3.8) is 0 Å². The summed E-state index contributed by atoms with van der Waals surface area (Å²) in [4.78, 5) is 32.6. The Hall–Kier alpha value is -3.06. The number of anilines is 1. The Morgan fingerprint density at radius 2 is 2.03 bits per heavy atom. The van der Waals surface area contributed by atoms with Gasteiger partial charge in [0, 0.05) is 23.5 Å². The van der Waals surface area contributed by atoms with Crippen molar-refractivity contribution in [2.24, 2.45) is 4.99 Å². The number of amidine groups is 1. The van der Waals surface area contributed by atoms with Crippen LogP contribution in [0.4, 0.5) is 5.69 Å². The molecule has 2 aliphatic heterocycles. The Labute approximate surface area is 192 Å². The number of nitrogens with one attached hydrogen (secondary N) is 1. The Bertz CT molecular complexity index is 1110. The van der Waals surface area contributed by atoms with E-state index < -0.39 is 0 Å². The van der Waals surface area contributed by atoms with Crippen LogP contribution in [-0.2, 0) is 9.53 Å². The zero-order valence-electron chi connectivity index (χ0n) is 18.6. The van der Waals surface area contributed by atoms with Crippen LogP contribution in [0.3, 0.4) is 0 Å². The van der Waals surface area contributed by atoms with Crippen LogP contribution >= 0.6 is 11.8 Å². The van der Waals surface area contributed by atoms with Crippen LogP contribution in [0, 0.1) is 6.92 Å². The van der Waals surface area contributed by atoms with Crippen LogP contribution in [0.2, 0.25) is 0 Å². The van der Waals surface area contributed by atoms with Crippen molar-refractivity contribution in [3.05, 3.63) is 76.5 Å². The molecule has 0 radical (unpaired) electrons.